The van der Waals surface area contributed by atoms with E-state index < -0.39 is 0 Å². The summed E-state index contributed by atoms with van der Waals surface area (Å²) in [6, 6.07) is 0.356. The number of hydrogen-bond donors (Lipinski definition) is 2. The fraction of sp³-hybridized carbons (Fsp3) is 0.400. The van der Waals surface area contributed by atoms with Crippen LogP contribution in [0.25, 0.3) is 5.52 Å². The summed E-state index contributed by atoms with van der Waals surface area (Å²) in [5.74, 6) is 1.57. The quantitative estimate of drug-likeness (QED) is 0.717. The second-order valence-corrected chi connectivity index (χ2v) is 3.83. The first-order valence-electron chi connectivity index (χ1n) is 5.17. The SMILES string of the molecule is Nc1nccn2c(C3CCCN3)ncc12. The van der Waals surface area contributed by atoms with Crippen molar-refractivity contribution in [3.63, 3.8) is 0 Å². The zero-order valence-corrected chi connectivity index (χ0v) is 8.35. The average molecular weight is 203 g/mol. The maximum absolute atomic E-state index is 5.78. The van der Waals surface area contributed by atoms with Gasteiger partial charge in [0.1, 0.15) is 17.2 Å². The lowest BCUT2D eigenvalue weighted by Gasteiger charge is -2.08. The molecular weight excluding hydrogens is 190 g/mol. The Labute approximate surface area is 87.3 Å². The second-order valence-electron chi connectivity index (χ2n) is 3.83. The third kappa shape index (κ3) is 1.27. The topological polar surface area (TPSA) is 68.2 Å². The Morgan fingerprint density at radius 1 is 1.47 bits per heavy atom. The first kappa shape index (κ1) is 8.67. The number of hydrogen-bond acceptors (Lipinski definition) is 4. The molecule has 0 aromatic carbocycles. The molecule has 0 aliphatic carbocycles. The van der Waals surface area contributed by atoms with E-state index in [4.69, 9.17) is 5.73 Å². The minimum absolute atomic E-state index is 0.356. The summed E-state index contributed by atoms with van der Waals surface area (Å²) in [7, 11) is 0. The number of imidazole rings is 1. The van der Waals surface area contributed by atoms with Crippen LogP contribution in [0.4, 0.5) is 5.82 Å². The molecule has 0 saturated carbocycles. The molecule has 0 amide bonds. The van der Waals surface area contributed by atoms with Gasteiger partial charge in [-0.3, -0.25) is 4.40 Å². The van der Waals surface area contributed by atoms with Gasteiger partial charge in [-0.1, -0.05) is 0 Å². The largest absolute Gasteiger partial charge is 0.382 e. The molecule has 2 aromatic rings. The van der Waals surface area contributed by atoms with Gasteiger partial charge in [0, 0.05) is 12.4 Å². The van der Waals surface area contributed by atoms with Gasteiger partial charge < -0.3 is 11.1 Å². The van der Waals surface area contributed by atoms with Crippen LogP contribution in [0, 0.1) is 0 Å². The predicted molar refractivity (Wildman–Crippen MR) is 57.4 cm³/mol. The third-order valence-corrected chi connectivity index (χ3v) is 2.89. The Kier molecular flexibility index (Phi) is 1.85. The molecule has 5 heteroatoms. The molecule has 1 atom stereocenters. The highest BCUT2D eigenvalue weighted by molar-refractivity contribution is 5.64. The molecule has 0 radical (unpaired) electrons. The number of anilines is 1. The highest BCUT2D eigenvalue weighted by atomic mass is 15.1. The molecule has 3 rings (SSSR count). The Morgan fingerprint density at radius 2 is 2.40 bits per heavy atom. The highest BCUT2D eigenvalue weighted by Gasteiger charge is 2.20. The van der Waals surface area contributed by atoms with Crippen molar-refractivity contribution in [3.05, 3.63) is 24.4 Å². The molecule has 3 N–H and O–H groups in total. The van der Waals surface area contributed by atoms with Crippen molar-refractivity contribution >= 4 is 11.3 Å². The van der Waals surface area contributed by atoms with E-state index in [1.165, 1.54) is 6.42 Å². The van der Waals surface area contributed by atoms with Crippen LogP contribution in [0.1, 0.15) is 24.7 Å². The Bertz CT molecular complexity index is 484. The van der Waals surface area contributed by atoms with Crippen LogP contribution < -0.4 is 11.1 Å². The van der Waals surface area contributed by atoms with Gasteiger partial charge in [-0.05, 0) is 19.4 Å². The van der Waals surface area contributed by atoms with Crippen LogP contribution in [0.3, 0.4) is 0 Å². The average Bonchev–Trinajstić information content (AvgIpc) is 2.85. The molecule has 0 spiro atoms. The second kappa shape index (κ2) is 3.20. The van der Waals surface area contributed by atoms with Crippen molar-refractivity contribution in [1.29, 1.82) is 0 Å². The molecule has 3 heterocycles. The van der Waals surface area contributed by atoms with Gasteiger partial charge in [-0.25, -0.2) is 9.97 Å². The fourth-order valence-electron chi connectivity index (χ4n) is 2.13. The summed E-state index contributed by atoms with van der Waals surface area (Å²) in [5, 5.41) is 3.43. The monoisotopic (exact) mass is 203 g/mol. The van der Waals surface area contributed by atoms with Crippen molar-refractivity contribution in [2.45, 2.75) is 18.9 Å². The predicted octanol–water partition coefficient (Wildman–Crippen LogP) is 0.736. The maximum atomic E-state index is 5.78. The molecule has 1 saturated heterocycles. The smallest absolute Gasteiger partial charge is 0.149 e. The van der Waals surface area contributed by atoms with Crippen molar-refractivity contribution < 1.29 is 0 Å². The van der Waals surface area contributed by atoms with Gasteiger partial charge in [-0.2, -0.15) is 0 Å². The number of nitrogen functional groups attached to an aromatic ring is 1. The van der Waals surface area contributed by atoms with Crippen molar-refractivity contribution in [3.8, 4) is 0 Å². The first-order valence-corrected chi connectivity index (χ1v) is 5.17. The lowest BCUT2D eigenvalue weighted by atomic mass is 10.2. The van der Waals surface area contributed by atoms with Crippen LogP contribution in [-0.4, -0.2) is 20.9 Å². The molecule has 1 aliphatic rings. The van der Waals surface area contributed by atoms with Gasteiger partial charge in [0.25, 0.3) is 0 Å². The van der Waals surface area contributed by atoms with Crippen molar-refractivity contribution in [2.24, 2.45) is 0 Å². The Hall–Kier alpha value is -1.62. The number of aromatic nitrogens is 3. The Morgan fingerprint density at radius 3 is 3.20 bits per heavy atom. The minimum atomic E-state index is 0.356. The summed E-state index contributed by atoms with van der Waals surface area (Å²) in [6.07, 6.45) is 7.76. The van der Waals surface area contributed by atoms with E-state index in [1.54, 1.807) is 12.4 Å². The van der Waals surface area contributed by atoms with Crippen LogP contribution in [0.2, 0.25) is 0 Å². The van der Waals surface area contributed by atoms with Crippen LogP contribution in [0.5, 0.6) is 0 Å². The molecule has 1 aliphatic heterocycles. The van der Waals surface area contributed by atoms with E-state index in [1.807, 2.05) is 10.6 Å². The normalized spacial score (nSPS) is 21.2. The van der Waals surface area contributed by atoms with Crippen molar-refractivity contribution in [1.82, 2.24) is 19.7 Å². The van der Waals surface area contributed by atoms with Crippen LogP contribution >= 0.6 is 0 Å². The van der Waals surface area contributed by atoms with Gasteiger partial charge in [0.15, 0.2) is 0 Å². The van der Waals surface area contributed by atoms with Gasteiger partial charge >= 0.3 is 0 Å². The molecular formula is C10H13N5. The van der Waals surface area contributed by atoms with E-state index in [2.05, 4.69) is 15.3 Å². The lowest BCUT2D eigenvalue weighted by Crippen LogP contribution is -2.15. The Balaban J connectivity index is 2.15. The van der Waals surface area contributed by atoms with E-state index in [9.17, 15) is 0 Å². The zero-order valence-electron chi connectivity index (χ0n) is 8.35. The maximum Gasteiger partial charge on any atom is 0.149 e. The molecule has 0 bridgehead atoms. The molecule has 1 unspecified atom stereocenters. The molecule has 15 heavy (non-hydrogen) atoms. The summed E-state index contributed by atoms with van der Waals surface area (Å²) in [4.78, 5) is 8.46. The number of rotatable bonds is 1. The third-order valence-electron chi connectivity index (χ3n) is 2.89. The minimum Gasteiger partial charge on any atom is -0.382 e. The number of fused-ring (bicyclic) bond motifs is 1. The highest BCUT2D eigenvalue weighted by Crippen LogP contribution is 2.23. The summed E-state index contributed by atoms with van der Waals surface area (Å²) >= 11 is 0. The van der Waals surface area contributed by atoms with E-state index >= 15 is 0 Å². The molecule has 1 fully saturated rings. The van der Waals surface area contributed by atoms with E-state index in [0.717, 1.165) is 24.3 Å². The first-order chi connectivity index (χ1) is 7.36. The summed E-state index contributed by atoms with van der Waals surface area (Å²) < 4.78 is 2.02. The summed E-state index contributed by atoms with van der Waals surface area (Å²) in [5.41, 5.74) is 6.67. The lowest BCUT2D eigenvalue weighted by molar-refractivity contribution is 0.602. The standard InChI is InChI=1S/C10H13N5/c11-9-8-6-14-10(7-2-1-3-12-7)15(8)5-4-13-9/h4-7,12H,1-3H2,(H2,11,13). The van der Waals surface area contributed by atoms with E-state index in [-0.39, 0.29) is 0 Å². The molecule has 5 nitrogen and oxygen atoms in total. The zero-order chi connectivity index (χ0) is 10.3. The summed E-state index contributed by atoms with van der Waals surface area (Å²) in [6.45, 7) is 1.07. The van der Waals surface area contributed by atoms with Crippen LogP contribution in [-0.2, 0) is 0 Å². The van der Waals surface area contributed by atoms with Crippen LogP contribution in [0.15, 0.2) is 18.6 Å². The number of nitrogens with zero attached hydrogens (tertiary/aromatic N) is 3. The van der Waals surface area contributed by atoms with Gasteiger partial charge in [0.05, 0.1) is 12.2 Å². The fourth-order valence-corrected chi connectivity index (χ4v) is 2.13. The van der Waals surface area contributed by atoms with E-state index in [0.29, 0.717) is 11.9 Å². The van der Waals surface area contributed by atoms with Crippen molar-refractivity contribution in [2.75, 3.05) is 12.3 Å². The number of nitrogens with one attached hydrogen (secondary N) is 1. The van der Waals surface area contributed by atoms with Gasteiger partial charge in [-0.15, -0.1) is 0 Å². The van der Waals surface area contributed by atoms with Gasteiger partial charge in [0.2, 0.25) is 0 Å². The number of nitrogens with two attached hydrogens (primary N) is 1. The molecule has 78 valence electrons. The molecule has 2 aromatic heterocycles.